The summed E-state index contributed by atoms with van der Waals surface area (Å²) in [5, 5.41) is 3.74. The minimum atomic E-state index is 0.290. The Morgan fingerprint density at radius 1 is 1.33 bits per heavy atom. The lowest BCUT2D eigenvalue weighted by atomic mass is 9.92. The molecule has 3 heteroatoms. The Balaban J connectivity index is 2.03. The van der Waals surface area contributed by atoms with Crippen LogP contribution in [0, 0.1) is 6.92 Å². The molecule has 1 saturated heterocycles. The summed E-state index contributed by atoms with van der Waals surface area (Å²) in [5.74, 6) is 2.10. The average Bonchev–Trinajstić information content (AvgIpc) is 2.66. The van der Waals surface area contributed by atoms with E-state index < -0.39 is 0 Å². The number of rotatable bonds is 4. The molecule has 1 aromatic rings. The van der Waals surface area contributed by atoms with Gasteiger partial charge in [0.25, 0.3) is 0 Å². The van der Waals surface area contributed by atoms with Gasteiger partial charge in [-0.05, 0) is 51.4 Å². The van der Waals surface area contributed by atoms with Crippen molar-refractivity contribution in [2.24, 2.45) is 0 Å². The van der Waals surface area contributed by atoms with Crippen molar-refractivity contribution >= 4 is 0 Å². The Hall–Kier alpha value is -0.800. The van der Waals surface area contributed by atoms with Crippen LogP contribution in [0.5, 0.6) is 0 Å². The van der Waals surface area contributed by atoms with Crippen molar-refractivity contribution in [1.29, 1.82) is 0 Å². The highest BCUT2D eigenvalue weighted by atomic mass is 16.3. The molecule has 1 N–H and O–H groups in total. The number of aryl methyl sites for hydroxylation is 1. The van der Waals surface area contributed by atoms with Crippen LogP contribution < -0.4 is 5.32 Å². The molecule has 0 atom stereocenters. The van der Waals surface area contributed by atoms with Gasteiger partial charge in [-0.25, -0.2) is 0 Å². The molecule has 2 rings (SSSR count). The molecule has 0 saturated carbocycles. The molecule has 0 radical (unpaired) electrons. The molecular weight excluding hydrogens is 224 g/mol. The largest absolute Gasteiger partial charge is 0.465 e. The number of nitrogens with one attached hydrogen (secondary N) is 1. The molecule has 0 aromatic carbocycles. The van der Waals surface area contributed by atoms with Gasteiger partial charge in [-0.15, -0.1) is 0 Å². The zero-order valence-corrected chi connectivity index (χ0v) is 12.0. The third-order valence-electron chi connectivity index (χ3n) is 4.21. The Kier molecular flexibility index (Phi) is 4.46. The van der Waals surface area contributed by atoms with Crippen LogP contribution in [0.15, 0.2) is 16.5 Å². The molecule has 0 amide bonds. The smallest absolute Gasteiger partial charge is 0.118 e. The van der Waals surface area contributed by atoms with Gasteiger partial charge in [0, 0.05) is 12.1 Å². The van der Waals surface area contributed by atoms with Gasteiger partial charge in [-0.3, -0.25) is 4.90 Å². The van der Waals surface area contributed by atoms with Crippen LogP contribution >= 0.6 is 0 Å². The minimum Gasteiger partial charge on any atom is -0.465 e. The van der Waals surface area contributed by atoms with Crippen LogP contribution in [0.25, 0.3) is 0 Å². The quantitative estimate of drug-likeness (QED) is 0.890. The molecular formula is C15H26N2O. The van der Waals surface area contributed by atoms with E-state index in [0.717, 1.165) is 37.7 Å². The summed E-state index contributed by atoms with van der Waals surface area (Å²) in [6.45, 7) is 10.9. The second kappa shape index (κ2) is 5.89. The summed E-state index contributed by atoms with van der Waals surface area (Å²) in [4.78, 5) is 2.53. The lowest BCUT2D eigenvalue weighted by Gasteiger charge is -2.35. The maximum Gasteiger partial charge on any atom is 0.118 e. The van der Waals surface area contributed by atoms with Crippen molar-refractivity contribution in [3.63, 3.8) is 0 Å². The Morgan fingerprint density at radius 2 is 2.11 bits per heavy atom. The lowest BCUT2D eigenvalue weighted by molar-refractivity contribution is 0.180. The normalized spacial score (nSPS) is 20.8. The van der Waals surface area contributed by atoms with E-state index in [1.54, 1.807) is 0 Å². The fraction of sp³-hybridized carbons (Fsp3) is 0.733. The number of hydrogen-bond acceptors (Lipinski definition) is 3. The second-order valence-corrected chi connectivity index (χ2v) is 5.49. The molecule has 0 bridgehead atoms. The Labute approximate surface area is 111 Å². The summed E-state index contributed by atoms with van der Waals surface area (Å²) < 4.78 is 5.70. The summed E-state index contributed by atoms with van der Waals surface area (Å²) in [6, 6.07) is 4.16. The Bertz CT molecular complexity index is 368. The highest BCUT2D eigenvalue weighted by Gasteiger charge is 2.30. The molecule has 1 aliphatic heterocycles. The molecule has 102 valence electrons. The van der Waals surface area contributed by atoms with Crippen LogP contribution in [0.3, 0.4) is 0 Å². The summed E-state index contributed by atoms with van der Waals surface area (Å²) in [7, 11) is 0. The number of hydrogen-bond donors (Lipinski definition) is 1. The maximum atomic E-state index is 5.70. The van der Waals surface area contributed by atoms with E-state index in [-0.39, 0.29) is 5.54 Å². The first-order valence-electron chi connectivity index (χ1n) is 7.20. The molecule has 18 heavy (non-hydrogen) atoms. The summed E-state index contributed by atoms with van der Waals surface area (Å²) in [6.07, 6.45) is 3.61. The minimum absolute atomic E-state index is 0.290. The van der Waals surface area contributed by atoms with Crippen LogP contribution in [0.1, 0.15) is 44.6 Å². The van der Waals surface area contributed by atoms with E-state index in [1.165, 1.54) is 19.3 Å². The fourth-order valence-electron chi connectivity index (χ4n) is 2.87. The zero-order chi connectivity index (χ0) is 13.0. The van der Waals surface area contributed by atoms with E-state index in [2.05, 4.69) is 36.2 Å². The predicted octanol–water partition coefficient (Wildman–Crippen LogP) is 2.94. The molecule has 0 unspecified atom stereocenters. The molecule has 1 aliphatic rings. The first-order valence-corrected chi connectivity index (χ1v) is 7.20. The maximum absolute atomic E-state index is 5.70. The monoisotopic (exact) mass is 250 g/mol. The number of furan rings is 1. The second-order valence-electron chi connectivity index (χ2n) is 5.49. The van der Waals surface area contributed by atoms with Crippen LogP contribution in [0.2, 0.25) is 0 Å². The molecule has 0 aliphatic carbocycles. The molecule has 0 spiro atoms. The van der Waals surface area contributed by atoms with Gasteiger partial charge in [0.2, 0.25) is 0 Å². The summed E-state index contributed by atoms with van der Waals surface area (Å²) >= 11 is 0. The van der Waals surface area contributed by atoms with Crippen molar-refractivity contribution in [3.8, 4) is 0 Å². The van der Waals surface area contributed by atoms with Crippen molar-refractivity contribution in [3.05, 3.63) is 23.7 Å². The van der Waals surface area contributed by atoms with Crippen LogP contribution in [-0.4, -0.2) is 30.1 Å². The van der Waals surface area contributed by atoms with E-state index >= 15 is 0 Å². The van der Waals surface area contributed by atoms with Crippen LogP contribution in [0.4, 0.5) is 0 Å². The van der Waals surface area contributed by atoms with Crippen molar-refractivity contribution in [2.75, 3.05) is 19.6 Å². The van der Waals surface area contributed by atoms with E-state index in [1.807, 2.05) is 6.92 Å². The summed E-state index contributed by atoms with van der Waals surface area (Å²) in [5.41, 5.74) is 0.290. The lowest BCUT2D eigenvalue weighted by Crippen LogP contribution is -2.50. The standard InChI is InChI=1S/C15H26N2O/c1-4-15(5-2)12-17(10-6-9-16-15)11-14-8-7-13(3)18-14/h7-8,16H,4-6,9-12H2,1-3H3. The van der Waals surface area contributed by atoms with E-state index in [0.29, 0.717) is 0 Å². The fourth-order valence-corrected chi connectivity index (χ4v) is 2.87. The SMILES string of the molecule is CCC1(CC)CN(Cc2ccc(C)o2)CCCN1. The first kappa shape index (κ1) is 13.6. The highest BCUT2D eigenvalue weighted by Crippen LogP contribution is 2.21. The predicted molar refractivity (Wildman–Crippen MR) is 74.7 cm³/mol. The van der Waals surface area contributed by atoms with Gasteiger partial charge in [-0.2, -0.15) is 0 Å². The highest BCUT2D eigenvalue weighted by molar-refractivity contribution is 5.06. The first-order chi connectivity index (χ1) is 8.67. The third-order valence-corrected chi connectivity index (χ3v) is 4.21. The van der Waals surface area contributed by atoms with Gasteiger partial charge >= 0.3 is 0 Å². The van der Waals surface area contributed by atoms with Gasteiger partial charge < -0.3 is 9.73 Å². The van der Waals surface area contributed by atoms with Crippen molar-refractivity contribution in [1.82, 2.24) is 10.2 Å². The topological polar surface area (TPSA) is 28.4 Å². The molecule has 2 heterocycles. The van der Waals surface area contributed by atoms with Crippen molar-refractivity contribution < 1.29 is 4.42 Å². The number of nitrogens with zero attached hydrogens (tertiary/aromatic N) is 1. The van der Waals surface area contributed by atoms with Gasteiger partial charge in [0.1, 0.15) is 11.5 Å². The average molecular weight is 250 g/mol. The van der Waals surface area contributed by atoms with E-state index in [9.17, 15) is 0 Å². The molecule has 1 aromatic heterocycles. The zero-order valence-electron chi connectivity index (χ0n) is 12.0. The van der Waals surface area contributed by atoms with Gasteiger partial charge in [0.05, 0.1) is 6.54 Å². The Morgan fingerprint density at radius 3 is 2.72 bits per heavy atom. The van der Waals surface area contributed by atoms with Crippen molar-refractivity contribution in [2.45, 2.75) is 52.1 Å². The third kappa shape index (κ3) is 3.15. The molecule has 3 nitrogen and oxygen atoms in total. The van der Waals surface area contributed by atoms with Gasteiger partial charge in [0.15, 0.2) is 0 Å². The molecule has 1 fully saturated rings. The van der Waals surface area contributed by atoms with E-state index in [4.69, 9.17) is 4.42 Å². The van der Waals surface area contributed by atoms with Gasteiger partial charge in [-0.1, -0.05) is 13.8 Å². The van der Waals surface area contributed by atoms with Crippen LogP contribution in [-0.2, 0) is 6.54 Å².